The van der Waals surface area contributed by atoms with Crippen LogP contribution < -0.4 is 9.62 Å². The van der Waals surface area contributed by atoms with Crippen molar-refractivity contribution in [3.05, 3.63) is 97.8 Å². The van der Waals surface area contributed by atoms with Gasteiger partial charge in [0.2, 0.25) is 0 Å². The Kier molecular flexibility index (Phi) is 12.2. The smallest absolute Gasteiger partial charge is 0.396 e. The topological polar surface area (TPSA) is 61.3 Å². The maximum Gasteiger partial charge on any atom is 0.418 e. The van der Waals surface area contributed by atoms with Crippen molar-refractivity contribution in [2.45, 2.75) is 36.9 Å². The molecule has 198 valence electrons. The number of aliphatic hydroxyl groups is 1. The zero-order valence-electron chi connectivity index (χ0n) is 20.8. The van der Waals surface area contributed by atoms with Gasteiger partial charge in [0.25, 0.3) is 0 Å². The summed E-state index contributed by atoms with van der Waals surface area (Å²) in [5.74, 6) is 1.02. The summed E-state index contributed by atoms with van der Waals surface area (Å²) < 4.78 is 44.2. The third-order valence-corrected chi connectivity index (χ3v) is 6.12. The van der Waals surface area contributed by atoms with Gasteiger partial charge in [0.15, 0.2) is 0 Å². The monoisotopic (exact) mass is 530 g/mol. The molecule has 0 aromatic carbocycles. The molecule has 2 aromatic rings. The summed E-state index contributed by atoms with van der Waals surface area (Å²) in [7, 11) is 0. The van der Waals surface area contributed by atoms with E-state index in [1.165, 1.54) is 24.3 Å². The summed E-state index contributed by atoms with van der Waals surface area (Å²) in [4.78, 5) is 11.1. The van der Waals surface area contributed by atoms with E-state index in [0.29, 0.717) is 17.0 Å². The number of aliphatic hydroxyl groups excluding tert-OH is 1. The highest BCUT2D eigenvalue weighted by Crippen LogP contribution is 2.37. The van der Waals surface area contributed by atoms with Crippen molar-refractivity contribution < 1.29 is 18.3 Å². The number of nitrogens with one attached hydrogen (secondary N) is 1. The molecule has 0 saturated heterocycles. The molecule has 0 spiro atoms. The van der Waals surface area contributed by atoms with Crippen LogP contribution in [0.3, 0.4) is 0 Å². The highest BCUT2D eigenvalue weighted by atomic mass is 32.2. The van der Waals surface area contributed by atoms with Gasteiger partial charge in [0.05, 0.1) is 11.3 Å². The molecule has 37 heavy (non-hydrogen) atoms. The van der Waals surface area contributed by atoms with Gasteiger partial charge in [-0.2, -0.15) is 13.2 Å². The molecule has 0 aliphatic heterocycles. The maximum absolute atomic E-state index is 13.7. The van der Waals surface area contributed by atoms with Gasteiger partial charge >= 0.3 is 6.18 Å². The van der Waals surface area contributed by atoms with Crippen molar-refractivity contribution in [2.75, 3.05) is 29.3 Å². The fraction of sp³-hybridized carbons (Fsp3) is 0.286. The Hall–Kier alpha value is -3.30. The number of allylic oxidation sites excluding steroid dienone is 6. The summed E-state index contributed by atoms with van der Waals surface area (Å²) in [6.07, 6.45) is 4.76. The van der Waals surface area contributed by atoms with E-state index in [9.17, 15) is 13.2 Å². The molecule has 0 unspecified atom stereocenters. The van der Waals surface area contributed by atoms with Crippen molar-refractivity contribution in [1.82, 2.24) is 9.97 Å². The second-order valence-corrected chi connectivity index (χ2v) is 8.79. The van der Waals surface area contributed by atoms with Gasteiger partial charge < -0.3 is 14.7 Å². The molecule has 0 fully saturated rings. The number of unbranched alkanes of at least 4 members (excludes halogenated alkanes) is 2. The largest absolute Gasteiger partial charge is 0.418 e. The zero-order chi connectivity index (χ0) is 27.3. The minimum absolute atomic E-state index is 0.139. The predicted molar refractivity (Wildman–Crippen MR) is 148 cm³/mol. The Morgan fingerprint density at radius 3 is 2.32 bits per heavy atom. The van der Waals surface area contributed by atoms with Gasteiger partial charge in [-0.05, 0) is 55.5 Å². The lowest BCUT2D eigenvalue weighted by molar-refractivity contribution is -0.138. The average Bonchev–Trinajstić information content (AvgIpc) is 2.89. The number of alkyl halides is 3. The van der Waals surface area contributed by atoms with Crippen molar-refractivity contribution >= 4 is 29.2 Å². The molecule has 2 N–H and O–H groups in total. The summed E-state index contributed by atoms with van der Waals surface area (Å²) >= 11 is 1.15. The first kappa shape index (κ1) is 29.9. The highest BCUT2D eigenvalue weighted by Gasteiger charge is 2.35. The van der Waals surface area contributed by atoms with Crippen LogP contribution in [0.5, 0.6) is 0 Å². The van der Waals surface area contributed by atoms with E-state index in [-0.39, 0.29) is 23.7 Å². The van der Waals surface area contributed by atoms with Crippen molar-refractivity contribution in [3.63, 3.8) is 0 Å². The molecule has 0 aliphatic rings. The highest BCUT2D eigenvalue weighted by molar-refractivity contribution is 8.00. The number of aromatic nitrogens is 2. The van der Waals surface area contributed by atoms with Gasteiger partial charge in [-0.3, -0.25) is 0 Å². The Labute approximate surface area is 221 Å². The third kappa shape index (κ3) is 8.94. The van der Waals surface area contributed by atoms with Crippen LogP contribution in [0.4, 0.5) is 24.8 Å². The van der Waals surface area contributed by atoms with E-state index in [2.05, 4.69) is 40.9 Å². The molecule has 0 radical (unpaired) electrons. The van der Waals surface area contributed by atoms with Crippen LogP contribution in [0.1, 0.15) is 36.9 Å². The van der Waals surface area contributed by atoms with E-state index in [1.807, 2.05) is 24.3 Å². The van der Waals surface area contributed by atoms with Crippen molar-refractivity contribution in [3.8, 4) is 0 Å². The maximum atomic E-state index is 13.7. The van der Waals surface area contributed by atoms with Gasteiger partial charge in [0.1, 0.15) is 16.7 Å². The molecule has 0 atom stereocenters. The lowest BCUT2D eigenvalue weighted by Crippen LogP contribution is -2.26. The molecule has 0 aliphatic carbocycles. The second-order valence-electron chi connectivity index (χ2n) is 7.96. The first-order valence-electron chi connectivity index (χ1n) is 11.9. The standard InChI is InChI=1S/C28H33F3N4OS/c1-5-9-10-18-35(19-11-12-20-36)25-14-13-15-26(33-25)37-34-24-17-16-23(28(29,30)31)27(32-24)22(8-4)21(6-2)7-3/h5-8,13-17,36H,1-4,9-12,18-20H2,(H,32,34). The minimum atomic E-state index is -4.60. The number of nitrogens with zero attached hydrogens (tertiary/aromatic N) is 3. The lowest BCUT2D eigenvalue weighted by atomic mass is 10.00. The van der Waals surface area contributed by atoms with Crippen LogP contribution in [0.25, 0.3) is 5.57 Å². The summed E-state index contributed by atoms with van der Waals surface area (Å²) in [5, 5.41) is 9.76. The summed E-state index contributed by atoms with van der Waals surface area (Å²) in [5.41, 5.74) is -0.562. The molecule has 0 amide bonds. The van der Waals surface area contributed by atoms with Crippen molar-refractivity contribution in [2.24, 2.45) is 0 Å². The van der Waals surface area contributed by atoms with E-state index in [0.717, 1.165) is 56.2 Å². The van der Waals surface area contributed by atoms with E-state index < -0.39 is 11.7 Å². The number of anilines is 2. The molecule has 2 heterocycles. The number of pyridine rings is 2. The first-order chi connectivity index (χ1) is 17.8. The Morgan fingerprint density at radius 2 is 1.70 bits per heavy atom. The zero-order valence-corrected chi connectivity index (χ0v) is 21.6. The summed E-state index contributed by atoms with van der Waals surface area (Å²) in [6.45, 7) is 16.4. The quantitative estimate of drug-likeness (QED) is 0.102. The van der Waals surface area contributed by atoms with Crippen LogP contribution in [0.2, 0.25) is 0 Å². The molecule has 2 aromatic heterocycles. The summed E-state index contributed by atoms with van der Waals surface area (Å²) in [6, 6.07) is 7.87. The Balaban J connectivity index is 2.31. The SMILES string of the molecule is C=CCCCN(CCCCO)c1cccc(SNc2ccc(C(F)(F)F)c(C(C=C)=C(C=C)C=C)n2)n1. The first-order valence-corrected chi connectivity index (χ1v) is 12.7. The molecule has 5 nitrogen and oxygen atoms in total. The molecular formula is C28H33F3N4OS. The van der Waals surface area contributed by atoms with E-state index in [4.69, 9.17) is 10.1 Å². The lowest BCUT2D eigenvalue weighted by Gasteiger charge is -2.24. The van der Waals surface area contributed by atoms with Crippen LogP contribution >= 0.6 is 11.9 Å². The number of halogens is 3. The van der Waals surface area contributed by atoms with Crippen LogP contribution in [0, 0.1) is 0 Å². The molecule has 0 saturated carbocycles. The average molecular weight is 531 g/mol. The van der Waals surface area contributed by atoms with Gasteiger partial charge in [0, 0.05) is 37.2 Å². The van der Waals surface area contributed by atoms with E-state index in [1.54, 1.807) is 0 Å². The van der Waals surface area contributed by atoms with Crippen LogP contribution in [0.15, 0.2) is 91.6 Å². The van der Waals surface area contributed by atoms with Gasteiger partial charge in [-0.15, -0.1) is 6.58 Å². The molecule has 2 rings (SSSR count). The van der Waals surface area contributed by atoms with E-state index >= 15 is 0 Å². The third-order valence-electron chi connectivity index (χ3n) is 5.38. The Bertz CT molecular complexity index is 1100. The molecular weight excluding hydrogens is 497 g/mol. The number of hydrogen-bond donors (Lipinski definition) is 2. The molecule has 0 bridgehead atoms. The molecule has 9 heteroatoms. The number of hydrogen-bond acceptors (Lipinski definition) is 6. The normalized spacial score (nSPS) is 10.9. The van der Waals surface area contributed by atoms with Gasteiger partial charge in [-0.1, -0.05) is 50.1 Å². The number of rotatable bonds is 16. The van der Waals surface area contributed by atoms with Gasteiger partial charge in [-0.25, -0.2) is 9.97 Å². The predicted octanol–water partition coefficient (Wildman–Crippen LogP) is 7.47. The fourth-order valence-electron chi connectivity index (χ4n) is 3.53. The van der Waals surface area contributed by atoms with Crippen LogP contribution in [-0.4, -0.2) is 34.8 Å². The second kappa shape index (κ2) is 15.1. The van der Waals surface area contributed by atoms with Crippen LogP contribution in [-0.2, 0) is 6.18 Å². The minimum Gasteiger partial charge on any atom is -0.396 e. The Morgan fingerprint density at radius 1 is 0.973 bits per heavy atom. The fourth-order valence-corrected chi connectivity index (χ4v) is 4.14. The van der Waals surface area contributed by atoms with Crippen molar-refractivity contribution in [1.29, 1.82) is 0 Å².